The second-order valence-corrected chi connectivity index (χ2v) is 4.68. The highest BCUT2D eigenvalue weighted by atomic mass is 16.5. The van der Waals surface area contributed by atoms with Crippen molar-refractivity contribution < 1.29 is 9.15 Å². The number of benzene rings is 2. The molecular formula is C18H16O2. The number of hydrogen-bond acceptors (Lipinski definition) is 2. The summed E-state index contributed by atoms with van der Waals surface area (Å²) in [5.41, 5.74) is 3.29. The van der Waals surface area contributed by atoms with E-state index in [4.69, 9.17) is 9.15 Å². The van der Waals surface area contributed by atoms with Crippen LogP contribution in [0, 0.1) is 6.92 Å². The lowest BCUT2D eigenvalue weighted by Gasteiger charge is -2.05. The highest BCUT2D eigenvalue weighted by Crippen LogP contribution is 2.34. The summed E-state index contributed by atoms with van der Waals surface area (Å²) in [6, 6.07) is 20.1. The molecular weight excluding hydrogens is 248 g/mol. The highest BCUT2D eigenvalue weighted by molar-refractivity contribution is 5.70. The molecule has 100 valence electrons. The Morgan fingerprint density at radius 1 is 0.750 bits per heavy atom. The van der Waals surface area contributed by atoms with Crippen LogP contribution in [0.3, 0.4) is 0 Å². The smallest absolute Gasteiger partial charge is 0.138 e. The zero-order valence-electron chi connectivity index (χ0n) is 11.6. The molecule has 0 radical (unpaired) electrons. The van der Waals surface area contributed by atoms with Crippen LogP contribution in [0.5, 0.6) is 5.75 Å². The van der Waals surface area contributed by atoms with Crippen LogP contribution in [0.4, 0.5) is 0 Å². The fourth-order valence-corrected chi connectivity index (χ4v) is 2.32. The van der Waals surface area contributed by atoms with Crippen LogP contribution < -0.4 is 4.74 Å². The van der Waals surface area contributed by atoms with E-state index in [2.05, 4.69) is 19.1 Å². The maximum atomic E-state index is 6.00. The summed E-state index contributed by atoms with van der Waals surface area (Å²) >= 11 is 0. The van der Waals surface area contributed by atoms with Gasteiger partial charge in [0.2, 0.25) is 0 Å². The third kappa shape index (κ3) is 2.21. The molecule has 2 nitrogen and oxygen atoms in total. The van der Waals surface area contributed by atoms with Crippen molar-refractivity contribution in [2.75, 3.05) is 7.11 Å². The summed E-state index contributed by atoms with van der Waals surface area (Å²) in [5.74, 6) is 2.52. The summed E-state index contributed by atoms with van der Waals surface area (Å²) in [5, 5.41) is 0. The number of ether oxygens (including phenoxy) is 1. The van der Waals surface area contributed by atoms with Crippen molar-refractivity contribution in [2.45, 2.75) is 6.92 Å². The van der Waals surface area contributed by atoms with Crippen molar-refractivity contribution in [3.8, 4) is 28.4 Å². The van der Waals surface area contributed by atoms with Gasteiger partial charge >= 0.3 is 0 Å². The number of furan rings is 1. The first kappa shape index (κ1) is 12.5. The van der Waals surface area contributed by atoms with Crippen LogP contribution in [0.15, 0.2) is 65.1 Å². The average Bonchev–Trinajstić information content (AvgIpc) is 2.97. The molecule has 0 saturated carbocycles. The first-order chi connectivity index (χ1) is 9.79. The van der Waals surface area contributed by atoms with Crippen molar-refractivity contribution in [1.29, 1.82) is 0 Å². The summed E-state index contributed by atoms with van der Waals surface area (Å²) in [6.45, 7) is 2.08. The summed E-state index contributed by atoms with van der Waals surface area (Å²) in [6.07, 6.45) is 0. The maximum absolute atomic E-state index is 6.00. The Balaban J connectivity index is 2.05. The molecule has 1 heterocycles. The molecule has 0 aliphatic heterocycles. The van der Waals surface area contributed by atoms with Gasteiger partial charge in [-0.3, -0.25) is 0 Å². The molecule has 0 bridgehead atoms. The van der Waals surface area contributed by atoms with Crippen molar-refractivity contribution >= 4 is 0 Å². The molecule has 0 aliphatic rings. The van der Waals surface area contributed by atoms with Gasteiger partial charge in [0, 0.05) is 5.56 Å². The Labute approximate surface area is 118 Å². The number of aryl methyl sites for hydroxylation is 1. The van der Waals surface area contributed by atoms with Crippen LogP contribution in [0.1, 0.15) is 5.56 Å². The van der Waals surface area contributed by atoms with Gasteiger partial charge in [-0.2, -0.15) is 0 Å². The Bertz CT molecular complexity index is 726. The van der Waals surface area contributed by atoms with Crippen molar-refractivity contribution in [1.82, 2.24) is 0 Å². The van der Waals surface area contributed by atoms with E-state index in [0.717, 1.165) is 28.4 Å². The van der Waals surface area contributed by atoms with Gasteiger partial charge in [0.15, 0.2) is 0 Å². The lowest BCUT2D eigenvalue weighted by atomic mass is 10.1. The van der Waals surface area contributed by atoms with E-state index in [0.29, 0.717) is 0 Å². The fourth-order valence-electron chi connectivity index (χ4n) is 2.32. The zero-order valence-corrected chi connectivity index (χ0v) is 11.6. The van der Waals surface area contributed by atoms with Crippen LogP contribution in [0.25, 0.3) is 22.6 Å². The van der Waals surface area contributed by atoms with Gasteiger partial charge in [0.1, 0.15) is 17.3 Å². The second kappa shape index (κ2) is 5.25. The summed E-state index contributed by atoms with van der Waals surface area (Å²) in [4.78, 5) is 0. The lowest BCUT2D eigenvalue weighted by Crippen LogP contribution is -1.85. The molecule has 20 heavy (non-hydrogen) atoms. The van der Waals surface area contributed by atoms with E-state index in [-0.39, 0.29) is 0 Å². The first-order valence-electron chi connectivity index (χ1n) is 6.59. The predicted molar refractivity (Wildman–Crippen MR) is 80.9 cm³/mol. The quantitative estimate of drug-likeness (QED) is 0.669. The van der Waals surface area contributed by atoms with Crippen LogP contribution in [-0.4, -0.2) is 7.11 Å². The molecule has 0 atom stereocenters. The molecule has 0 N–H and O–H groups in total. The van der Waals surface area contributed by atoms with E-state index in [9.17, 15) is 0 Å². The van der Waals surface area contributed by atoms with Crippen molar-refractivity contribution in [3.63, 3.8) is 0 Å². The molecule has 1 aromatic heterocycles. The molecule has 3 rings (SSSR count). The molecule has 0 fully saturated rings. The van der Waals surface area contributed by atoms with Gasteiger partial charge in [0.05, 0.1) is 12.7 Å². The predicted octanol–water partition coefficient (Wildman–Crippen LogP) is 4.93. The van der Waals surface area contributed by atoms with Crippen LogP contribution in [0.2, 0.25) is 0 Å². The van der Waals surface area contributed by atoms with Gasteiger partial charge in [-0.15, -0.1) is 0 Å². The largest absolute Gasteiger partial charge is 0.496 e. The molecule has 2 aromatic carbocycles. The van der Waals surface area contributed by atoms with Gasteiger partial charge < -0.3 is 9.15 Å². The Kier molecular flexibility index (Phi) is 3.30. The van der Waals surface area contributed by atoms with Crippen molar-refractivity contribution in [3.05, 3.63) is 66.2 Å². The SMILES string of the molecule is COc1ccccc1-c1ccc(-c2ccccc2C)o1. The molecule has 0 spiro atoms. The van der Waals surface area contributed by atoms with Gasteiger partial charge in [-0.25, -0.2) is 0 Å². The second-order valence-electron chi connectivity index (χ2n) is 4.68. The fraction of sp³-hybridized carbons (Fsp3) is 0.111. The molecule has 0 saturated heterocycles. The monoisotopic (exact) mass is 264 g/mol. The highest BCUT2D eigenvalue weighted by Gasteiger charge is 2.11. The minimum absolute atomic E-state index is 0.818. The Hall–Kier alpha value is -2.48. The zero-order chi connectivity index (χ0) is 13.9. The molecule has 3 aromatic rings. The van der Waals surface area contributed by atoms with Gasteiger partial charge in [-0.1, -0.05) is 36.4 Å². The normalized spacial score (nSPS) is 10.5. The maximum Gasteiger partial charge on any atom is 0.138 e. The Morgan fingerprint density at radius 3 is 2.05 bits per heavy atom. The van der Waals surface area contributed by atoms with Crippen LogP contribution in [-0.2, 0) is 0 Å². The topological polar surface area (TPSA) is 22.4 Å². The summed E-state index contributed by atoms with van der Waals surface area (Å²) in [7, 11) is 1.67. The third-order valence-electron chi connectivity index (χ3n) is 3.39. The number of hydrogen-bond donors (Lipinski definition) is 0. The summed E-state index contributed by atoms with van der Waals surface area (Å²) < 4.78 is 11.4. The Morgan fingerprint density at radius 2 is 1.35 bits per heavy atom. The minimum Gasteiger partial charge on any atom is -0.496 e. The van der Waals surface area contributed by atoms with Gasteiger partial charge in [0.25, 0.3) is 0 Å². The van der Waals surface area contributed by atoms with E-state index in [1.54, 1.807) is 7.11 Å². The molecule has 0 unspecified atom stereocenters. The van der Waals surface area contributed by atoms with E-state index in [1.165, 1.54) is 5.56 Å². The first-order valence-corrected chi connectivity index (χ1v) is 6.59. The lowest BCUT2D eigenvalue weighted by molar-refractivity contribution is 0.415. The molecule has 0 aliphatic carbocycles. The standard InChI is InChI=1S/C18H16O2/c1-13-7-3-4-8-14(13)17-11-12-18(20-17)15-9-5-6-10-16(15)19-2/h3-12H,1-2H3. The number of methoxy groups -OCH3 is 1. The molecule has 0 amide bonds. The number of para-hydroxylation sites is 1. The third-order valence-corrected chi connectivity index (χ3v) is 3.39. The molecule has 2 heteroatoms. The van der Waals surface area contributed by atoms with E-state index < -0.39 is 0 Å². The van der Waals surface area contributed by atoms with Crippen LogP contribution >= 0.6 is 0 Å². The van der Waals surface area contributed by atoms with E-state index >= 15 is 0 Å². The number of rotatable bonds is 3. The van der Waals surface area contributed by atoms with E-state index in [1.807, 2.05) is 48.5 Å². The van der Waals surface area contributed by atoms with Crippen molar-refractivity contribution in [2.24, 2.45) is 0 Å². The minimum atomic E-state index is 0.818. The van der Waals surface area contributed by atoms with Gasteiger partial charge in [-0.05, 0) is 36.8 Å². The average molecular weight is 264 g/mol.